The minimum atomic E-state index is -3.12. The van der Waals surface area contributed by atoms with Gasteiger partial charge in [-0.15, -0.1) is 0 Å². The maximum absolute atomic E-state index is 12.7. The maximum atomic E-state index is 12.7. The van der Waals surface area contributed by atoms with E-state index < -0.39 is 15.3 Å². The number of nitrogens with zero attached hydrogens (tertiary/aromatic N) is 1. The first-order valence-electron chi connectivity index (χ1n) is 10.3. The van der Waals surface area contributed by atoms with Gasteiger partial charge in [0.2, 0.25) is 0 Å². The molecule has 0 bridgehead atoms. The quantitative estimate of drug-likeness (QED) is 0.605. The molecule has 0 radical (unpaired) electrons. The first-order valence-corrected chi connectivity index (χ1v) is 12.1. The Balaban J connectivity index is 1.57. The summed E-state index contributed by atoms with van der Waals surface area (Å²) in [5.74, 6) is -0.135. The highest BCUT2D eigenvalue weighted by molar-refractivity contribution is 7.91. The first-order chi connectivity index (χ1) is 15.3. The third kappa shape index (κ3) is 4.47. The molecular formula is C23H23NO7S. The molecule has 9 heteroatoms. The third-order valence-electron chi connectivity index (χ3n) is 5.51. The van der Waals surface area contributed by atoms with Crippen molar-refractivity contribution in [2.75, 3.05) is 24.7 Å². The van der Waals surface area contributed by atoms with Crippen LogP contribution in [0.25, 0.3) is 22.3 Å². The fourth-order valence-electron chi connectivity index (χ4n) is 3.96. The van der Waals surface area contributed by atoms with E-state index in [-0.39, 0.29) is 52.5 Å². The molecule has 8 nitrogen and oxygen atoms in total. The van der Waals surface area contributed by atoms with Gasteiger partial charge in [0.05, 0.1) is 11.5 Å². The number of phenolic OH excluding ortho intramolecular Hbond substituents is 1. The van der Waals surface area contributed by atoms with Crippen LogP contribution in [0.15, 0.2) is 57.7 Å². The van der Waals surface area contributed by atoms with Gasteiger partial charge >= 0.3 is 0 Å². The molecule has 1 aliphatic heterocycles. The lowest BCUT2D eigenvalue weighted by molar-refractivity contribution is -0.135. The van der Waals surface area contributed by atoms with E-state index in [4.69, 9.17) is 9.15 Å². The minimum Gasteiger partial charge on any atom is -0.507 e. The van der Waals surface area contributed by atoms with Crippen LogP contribution in [0.5, 0.6) is 11.5 Å². The summed E-state index contributed by atoms with van der Waals surface area (Å²) >= 11 is 0. The van der Waals surface area contributed by atoms with Crippen molar-refractivity contribution >= 4 is 26.7 Å². The maximum Gasteiger partial charge on any atom is 0.260 e. The number of hydrogen-bond acceptors (Lipinski definition) is 7. The highest BCUT2D eigenvalue weighted by Crippen LogP contribution is 2.31. The number of aromatic hydroxyl groups is 1. The van der Waals surface area contributed by atoms with Gasteiger partial charge < -0.3 is 19.2 Å². The Kier molecular flexibility index (Phi) is 5.92. The molecule has 1 aliphatic rings. The number of carbonyl (C=O) groups is 1. The van der Waals surface area contributed by atoms with Crippen LogP contribution in [0.1, 0.15) is 13.3 Å². The smallest absolute Gasteiger partial charge is 0.260 e. The summed E-state index contributed by atoms with van der Waals surface area (Å²) in [6, 6.07) is 12.7. The Morgan fingerprint density at radius 1 is 1.22 bits per heavy atom. The van der Waals surface area contributed by atoms with Crippen LogP contribution in [-0.2, 0) is 14.6 Å². The molecule has 168 valence electrons. The molecule has 1 amide bonds. The number of benzene rings is 2. The molecule has 0 aliphatic carbocycles. The summed E-state index contributed by atoms with van der Waals surface area (Å²) < 4.78 is 34.9. The fraction of sp³-hybridized carbons (Fsp3) is 0.304. The second kappa shape index (κ2) is 8.66. The van der Waals surface area contributed by atoms with Crippen LogP contribution < -0.4 is 10.2 Å². The number of likely N-dealkylation sites (N-methyl/N-ethyl adjacent to an activating group) is 1. The molecule has 1 N–H and O–H groups in total. The van der Waals surface area contributed by atoms with Crippen molar-refractivity contribution in [3.05, 3.63) is 58.8 Å². The zero-order chi connectivity index (χ0) is 22.9. The lowest BCUT2D eigenvalue weighted by Gasteiger charge is -2.26. The molecule has 0 saturated carbocycles. The monoisotopic (exact) mass is 457 g/mol. The summed E-state index contributed by atoms with van der Waals surface area (Å²) in [7, 11) is -3.12. The fourth-order valence-corrected chi connectivity index (χ4v) is 5.69. The second-order valence-corrected chi connectivity index (χ2v) is 9.91. The largest absolute Gasteiger partial charge is 0.507 e. The Morgan fingerprint density at radius 3 is 2.62 bits per heavy atom. The molecule has 1 atom stereocenters. The SMILES string of the molecule is CCN(C(=O)COc1cc(O)c2c(=O)cc(-c3ccccc3)oc2c1)[C@@H]1CCS(=O)(=O)C1. The van der Waals surface area contributed by atoms with E-state index in [2.05, 4.69) is 0 Å². The van der Waals surface area contributed by atoms with Crippen molar-refractivity contribution in [2.24, 2.45) is 0 Å². The standard InChI is InChI=1S/C23H23NO7S/c1-2-24(16-8-9-32(28,29)14-16)22(27)13-30-17-10-18(25)23-19(26)12-20(31-21(23)11-17)15-6-4-3-5-7-15/h3-7,10-12,16,25H,2,8-9,13-14H2,1H3/t16-/m1/s1. The minimum absolute atomic E-state index is 0.0229. The van der Waals surface area contributed by atoms with Crippen molar-refractivity contribution in [3.8, 4) is 22.8 Å². The highest BCUT2D eigenvalue weighted by atomic mass is 32.2. The number of rotatable bonds is 6. The van der Waals surface area contributed by atoms with Gasteiger partial charge in [0.1, 0.15) is 28.2 Å². The molecule has 1 saturated heterocycles. The van der Waals surface area contributed by atoms with Gasteiger partial charge in [-0.2, -0.15) is 0 Å². The number of ether oxygens (including phenoxy) is 1. The van der Waals surface area contributed by atoms with Gasteiger partial charge in [0, 0.05) is 36.3 Å². The van der Waals surface area contributed by atoms with E-state index in [1.165, 1.54) is 23.1 Å². The Hall–Kier alpha value is -3.33. The van der Waals surface area contributed by atoms with Crippen LogP contribution in [0, 0.1) is 0 Å². The van der Waals surface area contributed by atoms with Gasteiger partial charge in [-0.05, 0) is 13.3 Å². The third-order valence-corrected chi connectivity index (χ3v) is 7.26. The number of carbonyl (C=O) groups excluding carboxylic acids is 1. The van der Waals surface area contributed by atoms with Crippen molar-refractivity contribution in [3.63, 3.8) is 0 Å². The van der Waals surface area contributed by atoms with Crippen LogP contribution in [0.4, 0.5) is 0 Å². The second-order valence-electron chi connectivity index (χ2n) is 7.68. The molecule has 2 heterocycles. The Bertz CT molecular complexity index is 1320. The molecule has 1 fully saturated rings. The molecule has 1 aromatic heterocycles. The predicted octanol–water partition coefficient (Wildman–Crippen LogP) is 2.58. The molecule has 32 heavy (non-hydrogen) atoms. The highest BCUT2D eigenvalue weighted by Gasteiger charge is 2.34. The van der Waals surface area contributed by atoms with E-state index in [9.17, 15) is 23.1 Å². The van der Waals surface area contributed by atoms with Crippen LogP contribution in [-0.4, -0.2) is 55.0 Å². The summed E-state index contributed by atoms with van der Waals surface area (Å²) in [5.41, 5.74) is 0.440. The number of fused-ring (bicyclic) bond motifs is 1. The average Bonchev–Trinajstić information content (AvgIpc) is 3.12. The average molecular weight is 458 g/mol. The zero-order valence-corrected chi connectivity index (χ0v) is 18.3. The van der Waals surface area contributed by atoms with Crippen molar-refractivity contribution < 1.29 is 27.5 Å². The lowest BCUT2D eigenvalue weighted by Crippen LogP contribution is -2.43. The first kappa shape index (κ1) is 21.9. The lowest BCUT2D eigenvalue weighted by atomic mass is 10.1. The van der Waals surface area contributed by atoms with Crippen LogP contribution >= 0.6 is 0 Å². The van der Waals surface area contributed by atoms with E-state index in [0.29, 0.717) is 24.3 Å². The van der Waals surface area contributed by atoms with Gasteiger partial charge in [0.15, 0.2) is 21.9 Å². The van der Waals surface area contributed by atoms with Gasteiger partial charge in [-0.25, -0.2) is 8.42 Å². The van der Waals surface area contributed by atoms with Crippen LogP contribution in [0.2, 0.25) is 0 Å². The normalized spacial score (nSPS) is 17.3. The zero-order valence-electron chi connectivity index (χ0n) is 17.5. The predicted molar refractivity (Wildman–Crippen MR) is 120 cm³/mol. The van der Waals surface area contributed by atoms with Crippen molar-refractivity contribution in [2.45, 2.75) is 19.4 Å². The van der Waals surface area contributed by atoms with Crippen molar-refractivity contribution in [1.29, 1.82) is 0 Å². The number of amides is 1. The molecule has 0 unspecified atom stereocenters. The van der Waals surface area contributed by atoms with E-state index >= 15 is 0 Å². The summed E-state index contributed by atoms with van der Waals surface area (Å²) in [6.45, 7) is 1.81. The topological polar surface area (TPSA) is 114 Å². The molecule has 0 spiro atoms. The van der Waals surface area contributed by atoms with Crippen molar-refractivity contribution in [1.82, 2.24) is 4.90 Å². The molecule has 3 aromatic rings. The molecular weight excluding hydrogens is 434 g/mol. The summed E-state index contributed by atoms with van der Waals surface area (Å²) in [4.78, 5) is 26.7. The van der Waals surface area contributed by atoms with Gasteiger partial charge in [0.25, 0.3) is 5.91 Å². The molecule has 2 aromatic carbocycles. The van der Waals surface area contributed by atoms with Gasteiger partial charge in [-0.3, -0.25) is 9.59 Å². The number of sulfone groups is 1. The summed E-state index contributed by atoms with van der Waals surface area (Å²) in [6.07, 6.45) is 0.409. The molecule has 4 rings (SSSR count). The van der Waals surface area contributed by atoms with E-state index in [1.807, 2.05) is 18.2 Å². The summed E-state index contributed by atoms with van der Waals surface area (Å²) in [5, 5.41) is 10.4. The Labute approximate surface area is 185 Å². The van der Waals surface area contributed by atoms with Gasteiger partial charge in [-0.1, -0.05) is 30.3 Å². The Morgan fingerprint density at radius 2 is 1.97 bits per heavy atom. The number of hydrogen-bond donors (Lipinski definition) is 1. The van der Waals surface area contributed by atoms with E-state index in [1.54, 1.807) is 19.1 Å². The number of phenols is 1. The van der Waals surface area contributed by atoms with E-state index in [0.717, 1.165) is 0 Å². The van der Waals surface area contributed by atoms with Crippen LogP contribution in [0.3, 0.4) is 0 Å².